The highest BCUT2D eigenvalue weighted by molar-refractivity contribution is 5.93. The molecule has 0 bridgehead atoms. The number of likely N-dealkylation sites (N-methyl/N-ethyl adjacent to an activating group) is 1. The third-order valence-corrected chi connectivity index (χ3v) is 6.29. The molecule has 12 heteroatoms. The molecule has 42 heavy (non-hydrogen) atoms. The fraction of sp³-hybridized carbons (Fsp3) is 0.300. The maximum Gasteiger partial charge on any atom is 0.328 e. The van der Waals surface area contributed by atoms with Crippen LogP contribution >= 0.6 is 0 Å². The van der Waals surface area contributed by atoms with Crippen LogP contribution in [0.1, 0.15) is 35.4 Å². The van der Waals surface area contributed by atoms with Crippen molar-refractivity contribution in [3.63, 3.8) is 0 Å². The molecule has 2 heterocycles. The predicted molar refractivity (Wildman–Crippen MR) is 154 cm³/mol. The second-order valence-electron chi connectivity index (χ2n) is 9.58. The smallest absolute Gasteiger partial charge is 0.328 e. The van der Waals surface area contributed by atoms with Gasteiger partial charge in [-0.15, -0.1) is 0 Å². The Morgan fingerprint density at radius 3 is 1.81 bits per heavy atom. The van der Waals surface area contributed by atoms with Crippen molar-refractivity contribution in [2.75, 3.05) is 38.5 Å². The number of fused-ring (bicyclic) bond motifs is 1. The van der Waals surface area contributed by atoms with Crippen LogP contribution in [-0.4, -0.2) is 93.2 Å². The number of hydrogen-bond acceptors (Lipinski definition) is 7. The third kappa shape index (κ3) is 12.1. The molecule has 2 aliphatic heterocycles. The zero-order valence-electron chi connectivity index (χ0n) is 23.2. The lowest BCUT2D eigenvalue weighted by Crippen LogP contribution is -2.34. The van der Waals surface area contributed by atoms with E-state index in [0.29, 0.717) is 36.8 Å². The van der Waals surface area contributed by atoms with Crippen molar-refractivity contribution in [1.82, 2.24) is 9.80 Å². The second-order valence-corrected chi connectivity index (χ2v) is 9.58. The van der Waals surface area contributed by atoms with Crippen molar-refractivity contribution in [3.8, 4) is 0 Å². The van der Waals surface area contributed by atoms with Crippen molar-refractivity contribution in [2.45, 2.75) is 25.3 Å². The normalized spacial score (nSPS) is 16.5. The average Bonchev–Trinajstić information content (AvgIpc) is 3.45. The number of anilines is 1. The predicted octanol–water partition coefficient (Wildman–Crippen LogP) is 2.72. The van der Waals surface area contributed by atoms with E-state index in [1.165, 1.54) is 29.5 Å². The number of benzene rings is 2. The van der Waals surface area contributed by atoms with Gasteiger partial charge in [0, 0.05) is 49.0 Å². The Balaban J connectivity index is 0.000000319. The molecule has 2 aromatic carbocycles. The Hall–Kier alpha value is -4.81. The van der Waals surface area contributed by atoms with Crippen LogP contribution in [0.5, 0.6) is 0 Å². The standard InChI is InChI=1S/C22H27N3O.2C4H4O4/c1-24-14-19(17-8-3-2-4-9-17)18-10-7-11-21(20(18)15-24)23-22(26)16-25-12-5-6-13-25;2*5-3(6)1-2-4(7)8/h2-4,7-11,19H,5-6,12-16H2,1H3,(H,23,26);2*1-2H,(H,5,6)(H,7,8)/b;2*2-1-. The van der Waals surface area contributed by atoms with E-state index in [1.807, 2.05) is 6.07 Å². The zero-order chi connectivity index (χ0) is 31.1. The number of nitrogens with zero attached hydrogens (tertiary/aromatic N) is 2. The van der Waals surface area contributed by atoms with E-state index in [-0.39, 0.29) is 5.91 Å². The summed E-state index contributed by atoms with van der Waals surface area (Å²) in [6, 6.07) is 17.0. The first-order chi connectivity index (χ1) is 20.0. The van der Waals surface area contributed by atoms with Gasteiger partial charge in [-0.05, 0) is 55.7 Å². The summed E-state index contributed by atoms with van der Waals surface area (Å²) in [5.41, 5.74) is 4.90. The molecular weight excluding hydrogens is 546 g/mol. The summed E-state index contributed by atoms with van der Waals surface area (Å²) >= 11 is 0. The summed E-state index contributed by atoms with van der Waals surface area (Å²) in [5, 5.41) is 34.4. The minimum Gasteiger partial charge on any atom is -0.478 e. The van der Waals surface area contributed by atoms with Crippen molar-refractivity contribution in [2.24, 2.45) is 0 Å². The molecule has 224 valence electrons. The van der Waals surface area contributed by atoms with Gasteiger partial charge in [-0.2, -0.15) is 0 Å². The minimum atomic E-state index is -1.26. The maximum atomic E-state index is 12.5. The second kappa shape index (κ2) is 17.1. The van der Waals surface area contributed by atoms with Crippen molar-refractivity contribution < 1.29 is 44.4 Å². The quantitative estimate of drug-likeness (QED) is 0.289. The number of carboxylic acid groups (broad SMARTS) is 4. The number of carbonyl (C=O) groups is 5. The molecule has 1 amide bonds. The van der Waals surface area contributed by atoms with Gasteiger partial charge in [0.05, 0.1) is 6.54 Å². The monoisotopic (exact) mass is 581 g/mol. The Kier molecular flexibility index (Phi) is 13.6. The molecule has 4 rings (SSSR count). The molecule has 5 N–H and O–H groups in total. The number of amides is 1. The molecule has 1 atom stereocenters. The summed E-state index contributed by atoms with van der Waals surface area (Å²) in [4.78, 5) is 55.3. The number of hydrogen-bond donors (Lipinski definition) is 5. The molecule has 2 aromatic rings. The summed E-state index contributed by atoms with van der Waals surface area (Å²) in [5.74, 6) is -4.58. The van der Waals surface area contributed by atoms with E-state index in [9.17, 15) is 24.0 Å². The van der Waals surface area contributed by atoms with Gasteiger partial charge >= 0.3 is 23.9 Å². The highest BCUT2D eigenvalue weighted by Crippen LogP contribution is 2.36. The number of rotatable bonds is 8. The van der Waals surface area contributed by atoms with Gasteiger partial charge in [0.15, 0.2) is 0 Å². The van der Waals surface area contributed by atoms with Crippen LogP contribution in [-0.2, 0) is 30.5 Å². The SMILES string of the molecule is CN1Cc2c(NC(=O)CN3CCCC3)cccc2C(c2ccccc2)C1.O=C(O)/C=C\C(=O)O.O=C(O)/C=C\C(=O)O. The zero-order valence-corrected chi connectivity index (χ0v) is 23.2. The Bertz CT molecular complexity index is 1240. The van der Waals surface area contributed by atoms with Gasteiger partial charge < -0.3 is 30.6 Å². The van der Waals surface area contributed by atoms with Gasteiger partial charge in [-0.1, -0.05) is 42.5 Å². The van der Waals surface area contributed by atoms with Gasteiger partial charge in [0.2, 0.25) is 5.91 Å². The van der Waals surface area contributed by atoms with E-state index in [1.54, 1.807) is 0 Å². The summed E-state index contributed by atoms with van der Waals surface area (Å²) in [6.07, 6.45) is 4.64. The van der Waals surface area contributed by atoms with Crippen LogP contribution in [0.15, 0.2) is 72.8 Å². The molecule has 0 aromatic heterocycles. The number of carbonyl (C=O) groups excluding carboxylic acids is 1. The van der Waals surface area contributed by atoms with E-state index in [0.717, 1.165) is 31.9 Å². The van der Waals surface area contributed by atoms with Crippen molar-refractivity contribution >= 4 is 35.5 Å². The summed E-state index contributed by atoms with van der Waals surface area (Å²) in [6.45, 7) is 4.46. The van der Waals surface area contributed by atoms with Crippen LogP contribution in [0.25, 0.3) is 0 Å². The minimum absolute atomic E-state index is 0.102. The third-order valence-electron chi connectivity index (χ3n) is 6.29. The topological polar surface area (TPSA) is 185 Å². The first-order valence-electron chi connectivity index (χ1n) is 13.1. The first-order valence-corrected chi connectivity index (χ1v) is 13.1. The summed E-state index contributed by atoms with van der Waals surface area (Å²) < 4.78 is 0. The molecule has 1 fully saturated rings. The fourth-order valence-electron chi connectivity index (χ4n) is 4.56. The highest BCUT2D eigenvalue weighted by Gasteiger charge is 2.27. The Labute approximate surface area is 243 Å². The van der Waals surface area contributed by atoms with Crippen LogP contribution in [0.2, 0.25) is 0 Å². The molecule has 0 saturated carbocycles. The molecular formula is C30H35N3O9. The van der Waals surface area contributed by atoms with Crippen LogP contribution in [0.4, 0.5) is 5.69 Å². The van der Waals surface area contributed by atoms with E-state index >= 15 is 0 Å². The largest absolute Gasteiger partial charge is 0.478 e. The lowest BCUT2D eigenvalue weighted by atomic mass is 9.84. The first kappa shape index (κ1) is 33.4. The van der Waals surface area contributed by atoms with Crippen molar-refractivity contribution in [3.05, 3.63) is 89.5 Å². The molecule has 2 aliphatic rings. The average molecular weight is 582 g/mol. The Morgan fingerprint density at radius 1 is 0.786 bits per heavy atom. The molecule has 1 saturated heterocycles. The Morgan fingerprint density at radius 2 is 1.31 bits per heavy atom. The van der Waals surface area contributed by atoms with E-state index < -0.39 is 23.9 Å². The number of carboxylic acids is 4. The van der Waals surface area contributed by atoms with Gasteiger partial charge in [0.1, 0.15) is 0 Å². The van der Waals surface area contributed by atoms with Crippen molar-refractivity contribution in [1.29, 1.82) is 0 Å². The lowest BCUT2D eigenvalue weighted by Gasteiger charge is -2.34. The molecule has 1 unspecified atom stereocenters. The van der Waals surface area contributed by atoms with Gasteiger partial charge in [0.25, 0.3) is 0 Å². The van der Waals surface area contributed by atoms with Crippen LogP contribution in [0.3, 0.4) is 0 Å². The number of nitrogens with one attached hydrogen (secondary N) is 1. The number of likely N-dealkylation sites (tertiary alicyclic amines) is 1. The molecule has 0 radical (unpaired) electrons. The fourth-order valence-corrected chi connectivity index (χ4v) is 4.56. The lowest BCUT2D eigenvalue weighted by molar-refractivity contribution is -0.134. The molecule has 0 aliphatic carbocycles. The van der Waals surface area contributed by atoms with E-state index in [4.69, 9.17) is 20.4 Å². The summed E-state index contributed by atoms with van der Waals surface area (Å²) in [7, 11) is 2.15. The maximum absolute atomic E-state index is 12.5. The highest BCUT2D eigenvalue weighted by atomic mass is 16.4. The van der Waals surface area contributed by atoms with Gasteiger partial charge in [-0.25, -0.2) is 19.2 Å². The molecule has 12 nitrogen and oxygen atoms in total. The van der Waals surface area contributed by atoms with Crippen LogP contribution < -0.4 is 5.32 Å². The van der Waals surface area contributed by atoms with Crippen LogP contribution in [0, 0.1) is 0 Å². The van der Waals surface area contributed by atoms with Gasteiger partial charge in [-0.3, -0.25) is 9.69 Å². The molecule has 0 spiro atoms. The number of aliphatic carboxylic acids is 4. The van der Waals surface area contributed by atoms with E-state index in [2.05, 4.69) is 64.6 Å².